The molecule has 0 aromatic carbocycles. The van der Waals surface area contributed by atoms with Crippen molar-refractivity contribution in [2.45, 2.75) is 31.7 Å². The van der Waals surface area contributed by atoms with Gasteiger partial charge in [0.1, 0.15) is 0 Å². The van der Waals surface area contributed by atoms with Crippen LogP contribution < -0.4 is 4.90 Å². The van der Waals surface area contributed by atoms with Gasteiger partial charge in [-0.15, -0.1) is 10.2 Å². The van der Waals surface area contributed by atoms with Crippen LogP contribution in [0.2, 0.25) is 5.15 Å². The van der Waals surface area contributed by atoms with Crippen LogP contribution in [0.1, 0.15) is 25.7 Å². The summed E-state index contributed by atoms with van der Waals surface area (Å²) in [5, 5.41) is 8.30. The topological polar surface area (TPSA) is 55.3 Å². The predicted octanol–water partition coefficient (Wildman–Crippen LogP) is 2.05. The molecule has 1 saturated heterocycles. The van der Waals surface area contributed by atoms with Gasteiger partial charge in [0.25, 0.3) is 0 Å². The second-order valence-corrected chi connectivity index (χ2v) is 4.72. The first-order chi connectivity index (χ1) is 8.70. The van der Waals surface area contributed by atoms with Gasteiger partial charge in [-0.2, -0.15) is 0 Å². The van der Waals surface area contributed by atoms with Crippen LogP contribution in [0.3, 0.4) is 0 Å². The molecule has 0 radical (unpaired) electrons. The molecule has 6 heteroatoms. The largest absolute Gasteiger partial charge is 0.469 e. The maximum atomic E-state index is 11.4. The number of carbonyl (C=O) groups is 1. The van der Waals surface area contributed by atoms with E-state index in [1.54, 1.807) is 6.07 Å². The summed E-state index contributed by atoms with van der Waals surface area (Å²) in [6.45, 7) is 0.887. The highest BCUT2D eigenvalue weighted by molar-refractivity contribution is 6.29. The Balaban J connectivity index is 2.12. The van der Waals surface area contributed by atoms with Gasteiger partial charge in [-0.3, -0.25) is 4.79 Å². The van der Waals surface area contributed by atoms with Crippen LogP contribution in [-0.2, 0) is 9.53 Å². The quantitative estimate of drug-likeness (QED) is 0.786. The molecule has 1 aliphatic heterocycles. The van der Waals surface area contributed by atoms with Crippen molar-refractivity contribution in [2.75, 3.05) is 18.6 Å². The molecule has 1 atom stereocenters. The molecule has 1 aliphatic rings. The van der Waals surface area contributed by atoms with E-state index in [1.165, 1.54) is 7.11 Å². The Labute approximate surface area is 111 Å². The van der Waals surface area contributed by atoms with E-state index in [-0.39, 0.29) is 12.0 Å². The van der Waals surface area contributed by atoms with Crippen LogP contribution in [-0.4, -0.2) is 35.9 Å². The Morgan fingerprint density at radius 1 is 1.50 bits per heavy atom. The Bertz CT molecular complexity index is 410. The SMILES string of the molecule is COC(=O)CC1CCCCN1c1ccc(Cl)nn1. The minimum Gasteiger partial charge on any atom is -0.469 e. The van der Waals surface area contributed by atoms with Gasteiger partial charge in [0, 0.05) is 12.6 Å². The third-order valence-electron chi connectivity index (χ3n) is 3.17. The first kappa shape index (κ1) is 13.1. The Morgan fingerprint density at radius 2 is 2.33 bits per heavy atom. The predicted molar refractivity (Wildman–Crippen MR) is 68.7 cm³/mol. The summed E-state index contributed by atoms with van der Waals surface area (Å²) in [6, 6.07) is 3.69. The van der Waals surface area contributed by atoms with Crippen molar-refractivity contribution in [1.29, 1.82) is 0 Å². The maximum Gasteiger partial charge on any atom is 0.307 e. The molecule has 2 rings (SSSR count). The van der Waals surface area contributed by atoms with Crippen molar-refractivity contribution in [3.05, 3.63) is 17.3 Å². The molecule has 1 aromatic rings. The zero-order valence-electron chi connectivity index (χ0n) is 10.3. The van der Waals surface area contributed by atoms with Crippen LogP contribution in [0.25, 0.3) is 0 Å². The molecule has 0 N–H and O–H groups in total. The fourth-order valence-corrected chi connectivity index (χ4v) is 2.35. The molecule has 1 unspecified atom stereocenters. The number of ether oxygens (including phenoxy) is 1. The first-order valence-corrected chi connectivity index (χ1v) is 6.41. The van der Waals surface area contributed by atoms with E-state index in [4.69, 9.17) is 16.3 Å². The van der Waals surface area contributed by atoms with Crippen molar-refractivity contribution in [1.82, 2.24) is 10.2 Å². The Morgan fingerprint density at radius 3 is 3.00 bits per heavy atom. The number of rotatable bonds is 3. The summed E-state index contributed by atoms with van der Waals surface area (Å²) in [5.74, 6) is 0.585. The molecule has 18 heavy (non-hydrogen) atoms. The molecular weight excluding hydrogens is 254 g/mol. The molecule has 0 saturated carbocycles. The number of methoxy groups -OCH3 is 1. The molecule has 2 heterocycles. The Kier molecular flexibility index (Phi) is 4.36. The fourth-order valence-electron chi connectivity index (χ4n) is 2.25. The zero-order valence-corrected chi connectivity index (χ0v) is 11.1. The first-order valence-electron chi connectivity index (χ1n) is 6.03. The van der Waals surface area contributed by atoms with Gasteiger partial charge in [-0.1, -0.05) is 11.6 Å². The van der Waals surface area contributed by atoms with E-state index in [0.717, 1.165) is 31.6 Å². The lowest BCUT2D eigenvalue weighted by molar-refractivity contribution is -0.141. The molecule has 1 aromatic heterocycles. The highest BCUT2D eigenvalue weighted by atomic mass is 35.5. The second kappa shape index (κ2) is 6.00. The molecule has 0 spiro atoms. The van der Waals surface area contributed by atoms with Crippen LogP contribution in [0.5, 0.6) is 0 Å². The highest BCUT2D eigenvalue weighted by Gasteiger charge is 2.26. The molecular formula is C12H16ClN3O2. The lowest BCUT2D eigenvalue weighted by atomic mass is 9.99. The van der Waals surface area contributed by atoms with E-state index in [9.17, 15) is 4.79 Å². The lowest BCUT2D eigenvalue weighted by Crippen LogP contribution is -2.41. The van der Waals surface area contributed by atoms with Crippen LogP contribution in [0.15, 0.2) is 12.1 Å². The van der Waals surface area contributed by atoms with Gasteiger partial charge >= 0.3 is 5.97 Å². The number of aromatic nitrogens is 2. The molecule has 0 amide bonds. The zero-order chi connectivity index (χ0) is 13.0. The van der Waals surface area contributed by atoms with Crippen LogP contribution >= 0.6 is 11.6 Å². The molecule has 5 nitrogen and oxygen atoms in total. The van der Waals surface area contributed by atoms with E-state index in [0.29, 0.717) is 11.6 Å². The number of esters is 1. The van der Waals surface area contributed by atoms with Gasteiger partial charge in [0.15, 0.2) is 11.0 Å². The number of anilines is 1. The number of nitrogens with zero attached hydrogens (tertiary/aromatic N) is 3. The van der Waals surface area contributed by atoms with E-state index >= 15 is 0 Å². The van der Waals surface area contributed by atoms with Crippen molar-refractivity contribution in [2.24, 2.45) is 0 Å². The van der Waals surface area contributed by atoms with Gasteiger partial charge in [0.2, 0.25) is 0 Å². The summed E-state index contributed by atoms with van der Waals surface area (Å²) in [7, 11) is 1.41. The van der Waals surface area contributed by atoms with Gasteiger partial charge in [-0.05, 0) is 31.4 Å². The smallest absolute Gasteiger partial charge is 0.307 e. The van der Waals surface area contributed by atoms with Gasteiger partial charge < -0.3 is 9.64 Å². The van der Waals surface area contributed by atoms with Crippen LogP contribution in [0, 0.1) is 0 Å². The molecule has 98 valence electrons. The molecule has 0 aliphatic carbocycles. The van der Waals surface area contributed by atoms with E-state index in [2.05, 4.69) is 15.1 Å². The number of halogens is 1. The number of piperidine rings is 1. The third kappa shape index (κ3) is 3.10. The average Bonchev–Trinajstić information content (AvgIpc) is 2.40. The summed E-state index contributed by atoms with van der Waals surface area (Å²) >= 11 is 5.73. The minimum atomic E-state index is -0.186. The monoisotopic (exact) mass is 269 g/mol. The maximum absolute atomic E-state index is 11.4. The minimum absolute atomic E-state index is 0.140. The number of hydrogen-bond acceptors (Lipinski definition) is 5. The van der Waals surface area contributed by atoms with Crippen LogP contribution in [0.4, 0.5) is 5.82 Å². The number of hydrogen-bond donors (Lipinski definition) is 0. The highest BCUT2D eigenvalue weighted by Crippen LogP contribution is 2.25. The number of carbonyl (C=O) groups excluding carboxylic acids is 1. The Hall–Kier alpha value is -1.36. The summed E-state index contributed by atoms with van der Waals surface area (Å²) in [4.78, 5) is 13.5. The van der Waals surface area contributed by atoms with Crippen molar-refractivity contribution in [3.8, 4) is 0 Å². The van der Waals surface area contributed by atoms with Crippen molar-refractivity contribution < 1.29 is 9.53 Å². The van der Waals surface area contributed by atoms with Crippen molar-refractivity contribution >= 4 is 23.4 Å². The lowest BCUT2D eigenvalue weighted by Gasteiger charge is -2.35. The van der Waals surface area contributed by atoms with E-state index in [1.807, 2.05) is 6.07 Å². The second-order valence-electron chi connectivity index (χ2n) is 4.34. The summed E-state index contributed by atoms with van der Waals surface area (Å²) in [6.07, 6.45) is 3.58. The standard InChI is InChI=1S/C12H16ClN3O2/c1-18-12(17)8-9-4-2-3-7-16(9)11-6-5-10(13)14-15-11/h5-6,9H,2-4,7-8H2,1H3. The van der Waals surface area contributed by atoms with E-state index < -0.39 is 0 Å². The molecule has 1 fully saturated rings. The average molecular weight is 270 g/mol. The summed E-state index contributed by atoms with van der Waals surface area (Å²) in [5.41, 5.74) is 0. The summed E-state index contributed by atoms with van der Waals surface area (Å²) < 4.78 is 4.73. The van der Waals surface area contributed by atoms with Crippen molar-refractivity contribution in [3.63, 3.8) is 0 Å². The van der Waals surface area contributed by atoms with Gasteiger partial charge in [0.05, 0.1) is 13.5 Å². The molecule has 0 bridgehead atoms. The normalized spacial score (nSPS) is 19.7. The fraction of sp³-hybridized carbons (Fsp3) is 0.583. The van der Waals surface area contributed by atoms with Gasteiger partial charge in [-0.25, -0.2) is 0 Å². The third-order valence-corrected chi connectivity index (χ3v) is 3.37.